The maximum Gasteiger partial charge on any atom is 0.259 e. The van der Waals surface area contributed by atoms with E-state index in [2.05, 4.69) is 9.97 Å². The van der Waals surface area contributed by atoms with Gasteiger partial charge in [-0.1, -0.05) is 0 Å². The Hall–Kier alpha value is -2.41. The maximum absolute atomic E-state index is 12.9. The normalized spacial score (nSPS) is 16.8. The fourth-order valence-electron chi connectivity index (χ4n) is 3.16. The Bertz CT molecular complexity index is 728. The zero-order valence-corrected chi connectivity index (χ0v) is 14.2. The van der Waals surface area contributed by atoms with E-state index < -0.39 is 0 Å². The van der Waals surface area contributed by atoms with Gasteiger partial charge in [0.15, 0.2) is 0 Å². The van der Waals surface area contributed by atoms with Crippen molar-refractivity contribution in [2.45, 2.75) is 19.4 Å². The molecular weight excluding hydrogens is 308 g/mol. The van der Waals surface area contributed by atoms with E-state index in [9.17, 15) is 4.79 Å². The summed E-state index contributed by atoms with van der Waals surface area (Å²) in [5.41, 5.74) is 2.53. The number of carbonyl (C=O) groups excluding carboxylic acids is 1. The van der Waals surface area contributed by atoms with Gasteiger partial charge in [0.25, 0.3) is 5.91 Å². The summed E-state index contributed by atoms with van der Waals surface area (Å²) >= 11 is 0. The van der Waals surface area contributed by atoms with Crippen LogP contribution in [0, 0.1) is 0 Å². The van der Waals surface area contributed by atoms with Crippen LogP contribution in [0.4, 0.5) is 0 Å². The number of hydrogen-bond donors (Lipinski definition) is 0. The fourth-order valence-corrected chi connectivity index (χ4v) is 3.16. The topological polar surface area (TPSA) is 69.5 Å². The summed E-state index contributed by atoms with van der Waals surface area (Å²) in [6.07, 6.45) is 3.41. The van der Waals surface area contributed by atoms with Crippen molar-refractivity contribution < 1.29 is 14.3 Å². The van der Waals surface area contributed by atoms with Crippen LogP contribution in [0.2, 0.25) is 0 Å². The van der Waals surface area contributed by atoms with Crippen LogP contribution >= 0.6 is 0 Å². The quantitative estimate of drug-likeness (QED) is 0.833. The van der Waals surface area contributed by atoms with Crippen LogP contribution in [0.15, 0.2) is 24.7 Å². The van der Waals surface area contributed by atoms with Crippen molar-refractivity contribution in [3.05, 3.63) is 41.6 Å². The molecule has 0 saturated carbocycles. The minimum atomic E-state index is -0.0993. The Morgan fingerprint density at radius 3 is 3.00 bits per heavy atom. The molecule has 0 unspecified atom stereocenters. The summed E-state index contributed by atoms with van der Waals surface area (Å²) < 4.78 is 12.9. The fraction of sp³-hybridized carbons (Fsp3) is 0.471. The molecule has 7 nitrogen and oxygen atoms in total. The number of fused-ring (bicyclic) bond motifs is 1. The van der Waals surface area contributed by atoms with Crippen LogP contribution in [0.25, 0.3) is 0 Å². The van der Waals surface area contributed by atoms with Crippen LogP contribution < -0.4 is 4.74 Å². The average Bonchev–Trinajstić information content (AvgIpc) is 3.00. The summed E-state index contributed by atoms with van der Waals surface area (Å²) in [6, 6.07) is 3.48. The zero-order valence-electron chi connectivity index (χ0n) is 14.2. The Labute approximate surface area is 141 Å². The highest BCUT2D eigenvalue weighted by molar-refractivity contribution is 5.96. The summed E-state index contributed by atoms with van der Waals surface area (Å²) in [6.45, 7) is 4.25. The van der Waals surface area contributed by atoms with Crippen LogP contribution in [-0.2, 0) is 18.3 Å². The molecule has 1 atom stereocenters. The van der Waals surface area contributed by atoms with Crippen molar-refractivity contribution in [3.8, 4) is 5.88 Å². The predicted octanol–water partition coefficient (Wildman–Crippen LogP) is 1.60. The number of rotatable bonds is 5. The third kappa shape index (κ3) is 2.99. The second-order valence-electron chi connectivity index (χ2n) is 5.79. The standard InChI is InChI=1S/C17H22N4O3/c1-4-24-10-12-8-21(9-14-15(12)20(2)11-19-14)17(22)13-6-5-7-18-16(13)23-3/h5-7,11-12H,4,8-10H2,1-3H3/t12-/m0/s1. The molecule has 3 rings (SSSR count). The van der Waals surface area contributed by atoms with E-state index in [-0.39, 0.29) is 11.8 Å². The first-order valence-electron chi connectivity index (χ1n) is 8.01. The molecule has 0 aromatic carbocycles. The smallest absolute Gasteiger partial charge is 0.259 e. The first-order valence-corrected chi connectivity index (χ1v) is 8.01. The van der Waals surface area contributed by atoms with E-state index in [1.807, 2.05) is 18.5 Å². The van der Waals surface area contributed by atoms with E-state index in [4.69, 9.17) is 9.47 Å². The Morgan fingerprint density at radius 1 is 1.42 bits per heavy atom. The monoisotopic (exact) mass is 330 g/mol. The molecule has 0 radical (unpaired) electrons. The maximum atomic E-state index is 12.9. The number of amides is 1. The molecule has 1 aliphatic rings. The lowest BCUT2D eigenvalue weighted by Gasteiger charge is -2.33. The van der Waals surface area contributed by atoms with Gasteiger partial charge in [0, 0.05) is 38.0 Å². The third-order valence-corrected chi connectivity index (χ3v) is 4.24. The van der Waals surface area contributed by atoms with Crippen molar-refractivity contribution in [1.82, 2.24) is 19.4 Å². The molecule has 2 aromatic heterocycles. The lowest BCUT2D eigenvalue weighted by atomic mass is 9.98. The van der Waals surface area contributed by atoms with Gasteiger partial charge in [-0.25, -0.2) is 9.97 Å². The molecule has 128 valence electrons. The Kier molecular flexibility index (Phi) is 4.80. The number of aryl methyl sites for hydroxylation is 1. The minimum absolute atomic E-state index is 0.0993. The molecule has 0 fully saturated rings. The highest BCUT2D eigenvalue weighted by atomic mass is 16.5. The van der Waals surface area contributed by atoms with Crippen LogP contribution in [0.3, 0.4) is 0 Å². The van der Waals surface area contributed by atoms with Gasteiger partial charge in [0.05, 0.1) is 32.3 Å². The van der Waals surface area contributed by atoms with Crippen LogP contribution in [0.5, 0.6) is 5.88 Å². The van der Waals surface area contributed by atoms with Crippen molar-refractivity contribution in [3.63, 3.8) is 0 Å². The highest BCUT2D eigenvalue weighted by Gasteiger charge is 2.32. The molecule has 1 amide bonds. The number of aromatic nitrogens is 3. The first kappa shape index (κ1) is 16.4. The summed E-state index contributed by atoms with van der Waals surface area (Å²) in [4.78, 5) is 23.3. The van der Waals surface area contributed by atoms with E-state index in [1.165, 1.54) is 7.11 Å². The minimum Gasteiger partial charge on any atom is -0.480 e. The van der Waals surface area contributed by atoms with E-state index in [1.54, 1.807) is 29.6 Å². The molecule has 0 bridgehead atoms. The molecule has 0 saturated heterocycles. The second-order valence-corrected chi connectivity index (χ2v) is 5.79. The number of ether oxygens (including phenoxy) is 2. The van der Waals surface area contributed by atoms with E-state index >= 15 is 0 Å². The summed E-state index contributed by atoms with van der Waals surface area (Å²) in [5, 5.41) is 0. The lowest BCUT2D eigenvalue weighted by molar-refractivity contribution is 0.0641. The number of carbonyl (C=O) groups is 1. The van der Waals surface area contributed by atoms with Crippen molar-refractivity contribution >= 4 is 5.91 Å². The van der Waals surface area contributed by atoms with Gasteiger partial charge >= 0.3 is 0 Å². The molecular formula is C17H22N4O3. The average molecular weight is 330 g/mol. The van der Waals surface area contributed by atoms with Gasteiger partial charge in [0.1, 0.15) is 5.56 Å². The number of methoxy groups -OCH3 is 1. The summed E-state index contributed by atoms with van der Waals surface area (Å²) in [7, 11) is 3.50. The predicted molar refractivity (Wildman–Crippen MR) is 88.0 cm³/mol. The van der Waals surface area contributed by atoms with Gasteiger partial charge < -0.3 is 18.9 Å². The molecule has 7 heteroatoms. The van der Waals surface area contributed by atoms with Crippen molar-refractivity contribution in [2.24, 2.45) is 7.05 Å². The van der Waals surface area contributed by atoms with Gasteiger partial charge in [-0.3, -0.25) is 4.79 Å². The van der Waals surface area contributed by atoms with Crippen molar-refractivity contribution in [1.29, 1.82) is 0 Å². The molecule has 24 heavy (non-hydrogen) atoms. The molecule has 3 heterocycles. The van der Waals surface area contributed by atoms with Gasteiger partial charge in [0.2, 0.25) is 5.88 Å². The Morgan fingerprint density at radius 2 is 2.25 bits per heavy atom. The highest BCUT2D eigenvalue weighted by Crippen LogP contribution is 2.29. The summed E-state index contributed by atoms with van der Waals surface area (Å²) in [5.74, 6) is 0.348. The SMILES string of the molecule is CCOC[C@@H]1CN(C(=O)c2cccnc2OC)Cc2ncn(C)c21. The van der Waals surface area contributed by atoms with Crippen LogP contribution in [0.1, 0.15) is 34.6 Å². The number of nitrogens with zero attached hydrogens (tertiary/aromatic N) is 4. The second kappa shape index (κ2) is 7.00. The number of hydrogen-bond acceptors (Lipinski definition) is 5. The number of pyridine rings is 1. The van der Waals surface area contributed by atoms with Gasteiger partial charge in [-0.2, -0.15) is 0 Å². The molecule has 0 spiro atoms. The van der Waals surface area contributed by atoms with E-state index in [0.717, 1.165) is 11.4 Å². The Balaban J connectivity index is 1.88. The third-order valence-electron chi connectivity index (χ3n) is 4.24. The molecule has 0 aliphatic carbocycles. The molecule has 2 aromatic rings. The van der Waals surface area contributed by atoms with E-state index in [0.29, 0.717) is 37.7 Å². The lowest BCUT2D eigenvalue weighted by Crippen LogP contribution is -2.40. The van der Waals surface area contributed by atoms with Crippen molar-refractivity contribution in [2.75, 3.05) is 26.9 Å². The largest absolute Gasteiger partial charge is 0.480 e. The van der Waals surface area contributed by atoms with Crippen LogP contribution in [-0.4, -0.2) is 52.2 Å². The number of imidazole rings is 1. The molecule has 1 aliphatic heterocycles. The molecule has 0 N–H and O–H groups in total. The zero-order chi connectivity index (χ0) is 17.1. The van der Waals surface area contributed by atoms with Gasteiger partial charge in [-0.05, 0) is 19.1 Å². The van der Waals surface area contributed by atoms with Gasteiger partial charge in [-0.15, -0.1) is 0 Å². The first-order chi connectivity index (χ1) is 11.7.